The Morgan fingerprint density at radius 3 is 2.20 bits per heavy atom. The fraction of sp³-hybridized carbons (Fsp3) is 0.455. The summed E-state index contributed by atoms with van der Waals surface area (Å²) >= 11 is 0. The quantitative estimate of drug-likeness (QED) is 0.803. The predicted octanol–water partition coefficient (Wildman–Crippen LogP) is 3.36. The van der Waals surface area contributed by atoms with Crippen LogP contribution in [0.2, 0.25) is 0 Å². The van der Waals surface area contributed by atoms with Gasteiger partial charge in [0.2, 0.25) is 0 Å². The molecule has 0 radical (unpaired) electrons. The molecule has 0 aromatic carbocycles. The molecular formula is C11H9F6N3. The van der Waals surface area contributed by atoms with Crippen LogP contribution in [-0.2, 0) is 6.18 Å². The van der Waals surface area contributed by atoms with Gasteiger partial charge in [0, 0.05) is 6.54 Å². The molecule has 0 saturated heterocycles. The largest absolute Gasteiger partial charge is 0.433 e. The van der Waals surface area contributed by atoms with Crippen molar-refractivity contribution in [1.29, 1.82) is 5.26 Å². The van der Waals surface area contributed by atoms with E-state index in [0.29, 0.717) is 11.0 Å². The van der Waals surface area contributed by atoms with Gasteiger partial charge >= 0.3 is 12.4 Å². The second-order valence-corrected chi connectivity index (χ2v) is 3.81. The van der Waals surface area contributed by atoms with E-state index in [1.807, 2.05) is 0 Å². The molecule has 0 amide bonds. The van der Waals surface area contributed by atoms with Gasteiger partial charge in [-0.25, -0.2) is 4.98 Å². The van der Waals surface area contributed by atoms with Crippen molar-refractivity contribution in [3.63, 3.8) is 0 Å². The Labute approximate surface area is 110 Å². The van der Waals surface area contributed by atoms with Gasteiger partial charge < -0.3 is 4.90 Å². The molecule has 1 heterocycles. The second-order valence-electron chi connectivity index (χ2n) is 3.81. The van der Waals surface area contributed by atoms with Gasteiger partial charge in [-0.15, -0.1) is 0 Å². The van der Waals surface area contributed by atoms with E-state index in [-0.39, 0.29) is 12.1 Å². The molecule has 0 saturated carbocycles. The maximum absolute atomic E-state index is 12.5. The number of hydrogen-bond donors (Lipinski definition) is 0. The molecule has 9 heteroatoms. The van der Waals surface area contributed by atoms with E-state index < -0.39 is 30.4 Å². The van der Waals surface area contributed by atoms with Crippen LogP contribution in [0.4, 0.5) is 32.2 Å². The number of alkyl halides is 6. The van der Waals surface area contributed by atoms with Gasteiger partial charge in [0.25, 0.3) is 0 Å². The summed E-state index contributed by atoms with van der Waals surface area (Å²) in [7, 11) is 0. The lowest BCUT2D eigenvalue weighted by molar-refractivity contribution is -0.141. The summed E-state index contributed by atoms with van der Waals surface area (Å²) in [4.78, 5) is 3.73. The third kappa shape index (κ3) is 4.01. The monoisotopic (exact) mass is 297 g/mol. The third-order valence-electron chi connectivity index (χ3n) is 2.34. The zero-order valence-corrected chi connectivity index (χ0v) is 10.2. The minimum absolute atomic E-state index is 0.234. The van der Waals surface area contributed by atoms with Crippen LogP contribution >= 0.6 is 0 Å². The van der Waals surface area contributed by atoms with Gasteiger partial charge in [0.1, 0.15) is 24.1 Å². The lowest BCUT2D eigenvalue weighted by Gasteiger charge is -2.24. The molecule has 0 unspecified atom stereocenters. The molecular weight excluding hydrogens is 288 g/mol. The van der Waals surface area contributed by atoms with E-state index in [1.54, 1.807) is 0 Å². The van der Waals surface area contributed by atoms with Crippen LogP contribution in [0.25, 0.3) is 0 Å². The number of halogens is 6. The van der Waals surface area contributed by atoms with Crippen molar-refractivity contribution >= 4 is 5.82 Å². The maximum atomic E-state index is 12.5. The van der Waals surface area contributed by atoms with E-state index in [9.17, 15) is 26.3 Å². The number of rotatable bonds is 3. The summed E-state index contributed by atoms with van der Waals surface area (Å²) in [6.07, 6.45) is -9.40. The van der Waals surface area contributed by atoms with Gasteiger partial charge in [-0.3, -0.25) is 0 Å². The molecule has 0 spiro atoms. The Balaban J connectivity index is 3.29. The SMILES string of the molecule is CCN(CC(F)(F)F)c1nc(C(F)(F)F)ccc1C#N. The van der Waals surface area contributed by atoms with Crippen LogP contribution in [0.3, 0.4) is 0 Å². The van der Waals surface area contributed by atoms with E-state index in [2.05, 4.69) is 4.98 Å². The highest BCUT2D eigenvalue weighted by atomic mass is 19.4. The summed E-state index contributed by atoms with van der Waals surface area (Å²) in [5, 5.41) is 8.78. The summed E-state index contributed by atoms with van der Waals surface area (Å²) in [5.41, 5.74) is -1.68. The van der Waals surface area contributed by atoms with Gasteiger partial charge in [0.15, 0.2) is 0 Å². The van der Waals surface area contributed by atoms with Crippen molar-refractivity contribution < 1.29 is 26.3 Å². The Morgan fingerprint density at radius 1 is 1.20 bits per heavy atom. The van der Waals surface area contributed by atoms with E-state index in [0.717, 1.165) is 6.07 Å². The standard InChI is InChI=1S/C11H9F6N3/c1-2-20(6-10(12,13)14)9-7(5-18)3-4-8(19-9)11(15,16)17/h3-4H,2,6H2,1H3. The van der Waals surface area contributed by atoms with Crippen molar-refractivity contribution in [2.75, 3.05) is 18.0 Å². The number of nitrogens with zero attached hydrogens (tertiary/aromatic N) is 3. The molecule has 0 aliphatic heterocycles. The van der Waals surface area contributed by atoms with Gasteiger partial charge in [0.05, 0.1) is 5.56 Å². The first-order chi connectivity index (χ1) is 9.08. The minimum atomic E-state index is -4.79. The number of aromatic nitrogens is 1. The number of anilines is 1. The van der Waals surface area contributed by atoms with Crippen LogP contribution in [0.1, 0.15) is 18.2 Å². The van der Waals surface area contributed by atoms with Gasteiger partial charge in [-0.1, -0.05) is 0 Å². The van der Waals surface area contributed by atoms with Gasteiger partial charge in [-0.2, -0.15) is 31.6 Å². The molecule has 110 valence electrons. The zero-order chi connectivity index (χ0) is 15.6. The molecule has 1 rings (SSSR count). The first-order valence-electron chi connectivity index (χ1n) is 5.38. The average molecular weight is 297 g/mol. The summed E-state index contributed by atoms with van der Waals surface area (Å²) in [6.45, 7) is -0.385. The highest BCUT2D eigenvalue weighted by Crippen LogP contribution is 2.31. The summed E-state index contributed by atoms with van der Waals surface area (Å²) in [5.74, 6) is -0.623. The lowest BCUT2D eigenvalue weighted by atomic mass is 10.2. The van der Waals surface area contributed by atoms with Crippen LogP contribution in [0.15, 0.2) is 12.1 Å². The smallest absolute Gasteiger partial charge is 0.347 e. The Bertz CT molecular complexity index is 514. The Kier molecular flexibility index (Phi) is 4.47. The van der Waals surface area contributed by atoms with Crippen LogP contribution < -0.4 is 4.90 Å². The predicted molar refractivity (Wildman–Crippen MR) is 57.9 cm³/mol. The molecule has 0 N–H and O–H groups in total. The number of pyridine rings is 1. The molecule has 0 fully saturated rings. The highest BCUT2D eigenvalue weighted by Gasteiger charge is 2.35. The summed E-state index contributed by atoms with van der Waals surface area (Å²) < 4.78 is 74.7. The molecule has 20 heavy (non-hydrogen) atoms. The van der Waals surface area contributed by atoms with Gasteiger partial charge in [-0.05, 0) is 19.1 Å². The van der Waals surface area contributed by atoms with E-state index in [4.69, 9.17) is 5.26 Å². The molecule has 0 aliphatic carbocycles. The molecule has 0 bridgehead atoms. The maximum Gasteiger partial charge on any atom is 0.433 e. The summed E-state index contributed by atoms with van der Waals surface area (Å²) in [6, 6.07) is 2.90. The average Bonchev–Trinajstić information content (AvgIpc) is 2.33. The first kappa shape index (κ1) is 16.1. The normalized spacial score (nSPS) is 12.1. The number of hydrogen-bond acceptors (Lipinski definition) is 3. The fourth-order valence-corrected chi connectivity index (χ4v) is 1.49. The van der Waals surface area contributed by atoms with Crippen molar-refractivity contribution in [2.24, 2.45) is 0 Å². The fourth-order valence-electron chi connectivity index (χ4n) is 1.49. The molecule has 1 aromatic heterocycles. The molecule has 0 aliphatic rings. The van der Waals surface area contributed by atoms with Crippen molar-refractivity contribution in [2.45, 2.75) is 19.3 Å². The Hall–Kier alpha value is -1.98. The van der Waals surface area contributed by atoms with E-state index in [1.165, 1.54) is 13.0 Å². The molecule has 1 aromatic rings. The second kappa shape index (κ2) is 5.56. The highest BCUT2D eigenvalue weighted by molar-refractivity contribution is 5.54. The number of nitriles is 1. The molecule has 0 atom stereocenters. The van der Waals surface area contributed by atoms with Crippen LogP contribution in [-0.4, -0.2) is 24.2 Å². The van der Waals surface area contributed by atoms with Crippen molar-refractivity contribution in [3.8, 4) is 6.07 Å². The minimum Gasteiger partial charge on any atom is -0.347 e. The van der Waals surface area contributed by atoms with Crippen LogP contribution in [0, 0.1) is 11.3 Å². The van der Waals surface area contributed by atoms with E-state index >= 15 is 0 Å². The van der Waals surface area contributed by atoms with Crippen molar-refractivity contribution in [1.82, 2.24) is 4.98 Å². The third-order valence-corrected chi connectivity index (χ3v) is 2.34. The topological polar surface area (TPSA) is 39.9 Å². The Morgan fingerprint density at radius 2 is 1.80 bits per heavy atom. The zero-order valence-electron chi connectivity index (χ0n) is 10.2. The van der Waals surface area contributed by atoms with Crippen molar-refractivity contribution in [3.05, 3.63) is 23.4 Å². The first-order valence-corrected chi connectivity index (χ1v) is 5.38. The van der Waals surface area contributed by atoms with Crippen LogP contribution in [0.5, 0.6) is 0 Å². The molecule has 3 nitrogen and oxygen atoms in total. The lowest BCUT2D eigenvalue weighted by Crippen LogP contribution is -2.35.